The van der Waals surface area contributed by atoms with Crippen LogP contribution >= 0.6 is 11.3 Å². The van der Waals surface area contributed by atoms with Gasteiger partial charge in [-0.3, -0.25) is 14.1 Å². The lowest BCUT2D eigenvalue weighted by Crippen LogP contribution is -2.46. The van der Waals surface area contributed by atoms with Crippen LogP contribution in [0.1, 0.15) is 42.4 Å². The Hall–Kier alpha value is -1.45. The number of hydrogen-bond donors (Lipinski definition) is 0. The van der Waals surface area contributed by atoms with Gasteiger partial charge in [0.05, 0.1) is 23.7 Å². The number of sulfone groups is 1. The molecule has 4 rings (SSSR count). The Morgan fingerprint density at radius 2 is 2.14 bits per heavy atom. The molecule has 0 spiro atoms. The molecule has 28 heavy (non-hydrogen) atoms. The number of imidazole rings is 1. The number of likely N-dealkylation sites (N-methyl/N-ethyl adjacent to an activating group) is 1. The molecule has 4 heterocycles. The number of carbonyl (C=O) groups excluding carboxylic acids is 1. The van der Waals surface area contributed by atoms with Crippen LogP contribution in [0, 0.1) is 13.8 Å². The molecule has 9 heteroatoms. The lowest BCUT2D eigenvalue weighted by Gasteiger charge is -2.34. The van der Waals surface area contributed by atoms with Gasteiger partial charge in [-0.25, -0.2) is 13.4 Å². The number of amides is 1. The smallest absolute Gasteiger partial charge is 0.236 e. The molecule has 0 aliphatic carbocycles. The van der Waals surface area contributed by atoms with Crippen LogP contribution in [0.5, 0.6) is 0 Å². The fourth-order valence-corrected chi connectivity index (χ4v) is 7.42. The summed E-state index contributed by atoms with van der Waals surface area (Å²) in [5, 5.41) is 2.16. The van der Waals surface area contributed by atoms with E-state index < -0.39 is 9.84 Å². The largest absolute Gasteiger partial charge is 0.341 e. The second-order valence-corrected chi connectivity index (χ2v) is 11.3. The molecule has 0 unspecified atom stereocenters. The second kappa shape index (κ2) is 7.42. The summed E-state index contributed by atoms with van der Waals surface area (Å²) in [5.74, 6) is 1.76. The Balaban J connectivity index is 1.44. The highest BCUT2D eigenvalue weighted by Crippen LogP contribution is 2.33. The van der Waals surface area contributed by atoms with Crippen molar-refractivity contribution in [3.8, 4) is 0 Å². The molecule has 2 aromatic heterocycles. The number of piperidine rings is 1. The molecular formula is C19H28N4O3S2. The molecule has 0 aromatic carbocycles. The zero-order valence-electron chi connectivity index (χ0n) is 16.7. The quantitative estimate of drug-likeness (QED) is 0.749. The highest BCUT2D eigenvalue weighted by Gasteiger charge is 2.33. The molecule has 0 saturated carbocycles. The van der Waals surface area contributed by atoms with E-state index in [9.17, 15) is 13.2 Å². The standard InChI is InChI=1S/C19H28N4O3S2/c1-13-11-27-19-18(20-14(2)23(13)19)15-5-4-7-22(9-15)17(24)10-21(3)16-6-8-28(25,26)12-16/h11,15-16H,4-10,12H2,1-3H3/t15-,16+/m0/s1. The topological polar surface area (TPSA) is 75.0 Å². The zero-order chi connectivity index (χ0) is 20.1. The number of fused-ring (bicyclic) bond motifs is 1. The third-order valence-electron chi connectivity index (χ3n) is 6.10. The molecule has 2 fully saturated rings. The van der Waals surface area contributed by atoms with Gasteiger partial charge in [0, 0.05) is 36.1 Å². The highest BCUT2D eigenvalue weighted by atomic mass is 32.2. The van der Waals surface area contributed by atoms with Crippen molar-refractivity contribution in [1.29, 1.82) is 0 Å². The average molecular weight is 425 g/mol. The van der Waals surface area contributed by atoms with E-state index in [0.717, 1.165) is 30.9 Å². The van der Waals surface area contributed by atoms with Crippen LogP contribution in [0.2, 0.25) is 0 Å². The molecule has 2 aromatic rings. The average Bonchev–Trinajstić information content (AvgIpc) is 3.31. The highest BCUT2D eigenvalue weighted by molar-refractivity contribution is 7.91. The second-order valence-electron chi connectivity index (χ2n) is 8.21. The van der Waals surface area contributed by atoms with Crippen LogP contribution in [0.25, 0.3) is 4.83 Å². The van der Waals surface area contributed by atoms with E-state index in [2.05, 4.69) is 16.7 Å². The van der Waals surface area contributed by atoms with Crippen molar-refractivity contribution in [3.05, 3.63) is 22.6 Å². The summed E-state index contributed by atoms with van der Waals surface area (Å²) in [7, 11) is -1.08. The predicted octanol–water partition coefficient (Wildman–Crippen LogP) is 1.84. The Morgan fingerprint density at radius 3 is 2.86 bits per heavy atom. The minimum Gasteiger partial charge on any atom is -0.341 e. The lowest BCUT2D eigenvalue weighted by molar-refractivity contribution is -0.133. The maximum Gasteiger partial charge on any atom is 0.236 e. The Morgan fingerprint density at radius 1 is 1.36 bits per heavy atom. The van der Waals surface area contributed by atoms with E-state index in [1.54, 1.807) is 11.3 Å². The van der Waals surface area contributed by atoms with E-state index in [1.807, 2.05) is 23.8 Å². The first-order valence-electron chi connectivity index (χ1n) is 9.86. The van der Waals surface area contributed by atoms with Crippen molar-refractivity contribution >= 4 is 31.9 Å². The molecule has 2 aliphatic heterocycles. The first-order chi connectivity index (χ1) is 13.2. The van der Waals surface area contributed by atoms with Crippen molar-refractivity contribution in [1.82, 2.24) is 19.2 Å². The third kappa shape index (κ3) is 3.71. The normalized spacial score (nSPS) is 25.1. The fraction of sp³-hybridized carbons (Fsp3) is 0.684. The number of hydrogen-bond acceptors (Lipinski definition) is 6. The number of likely N-dealkylation sites (tertiary alicyclic amines) is 1. The van der Waals surface area contributed by atoms with E-state index in [4.69, 9.17) is 4.98 Å². The van der Waals surface area contributed by atoms with Crippen LogP contribution in [0.15, 0.2) is 5.38 Å². The molecule has 2 saturated heterocycles. The zero-order valence-corrected chi connectivity index (χ0v) is 18.4. The molecular weight excluding hydrogens is 396 g/mol. The monoisotopic (exact) mass is 424 g/mol. The van der Waals surface area contributed by atoms with Gasteiger partial charge in [0.25, 0.3) is 0 Å². The van der Waals surface area contributed by atoms with Gasteiger partial charge in [-0.2, -0.15) is 0 Å². The molecule has 2 atom stereocenters. The summed E-state index contributed by atoms with van der Waals surface area (Å²) in [6.45, 7) is 5.87. The van der Waals surface area contributed by atoms with Gasteiger partial charge in [0.15, 0.2) is 9.84 Å². The summed E-state index contributed by atoms with van der Waals surface area (Å²) in [4.78, 5) is 22.8. The van der Waals surface area contributed by atoms with E-state index in [0.29, 0.717) is 13.0 Å². The van der Waals surface area contributed by atoms with Gasteiger partial charge in [-0.05, 0) is 40.2 Å². The van der Waals surface area contributed by atoms with Gasteiger partial charge in [0.1, 0.15) is 10.7 Å². The fourth-order valence-electron chi connectivity index (χ4n) is 4.51. The molecule has 0 radical (unpaired) electrons. The number of aryl methyl sites for hydroxylation is 2. The van der Waals surface area contributed by atoms with E-state index >= 15 is 0 Å². The van der Waals surface area contributed by atoms with Gasteiger partial charge in [-0.15, -0.1) is 11.3 Å². The SMILES string of the molecule is Cc1csc2c([C@H]3CCCN(C(=O)CN(C)[C@@H]4CCS(=O)(=O)C4)C3)nc(C)n12. The Labute approximate surface area is 170 Å². The van der Waals surface area contributed by atoms with E-state index in [-0.39, 0.29) is 35.9 Å². The van der Waals surface area contributed by atoms with Crippen LogP contribution in [-0.4, -0.2) is 77.7 Å². The van der Waals surface area contributed by atoms with Crippen LogP contribution in [0.4, 0.5) is 0 Å². The molecule has 0 bridgehead atoms. The van der Waals surface area contributed by atoms with Gasteiger partial charge in [0.2, 0.25) is 5.91 Å². The van der Waals surface area contributed by atoms with Gasteiger partial charge in [-0.1, -0.05) is 0 Å². The van der Waals surface area contributed by atoms with Crippen LogP contribution < -0.4 is 0 Å². The van der Waals surface area contributed by atoms with Crippen molar-refractivity contribution in [2.24, 2.45) is 0 Å². The first-order valence-corrected chi connectivity index (χ1v) is 12.6. The molecule has 2 aliphatic rings. The van der Waals surface area contributed by atoms with Crippen molar-refractivity contribution in [2.75, 3.05) is 38.2 Å². The van der Waals surface area contributed by atoms with Gasteiger partial charge >= 0.3 is 0 Å². The van der Waals surface area contributed by atoms with E-state index in [1.165, 1.54) is 10.5 Å². The lowest BCUT2D eigenvalue weighted by atomic mass is 9.95. The number of thiazole rings is 1. The summed E-state index contributed by atoms with van der Waals surface area (Å²) >= 11 is 1.72. The van der Waals surface area contributed by atoms with Crippen LogP contribution in [-0.2, 0) is 14.6 Å². The Kier molecular flexibility index (Phi) is 5.26. The number of aromatic nitrogens is 2. The number of carbonyl (C=O) groups is 1. The summed E-state index contributed by atoms with van der Waals surface area (Å²) in [6.07, 6.45) is 2.64. The van der Waals surface area contributed by atoms with Gasteiger partial charge < -0.3 is 4.90 Å². The molecule has 154 valence electrons. The minimum absolute atomic E-state index is 0.0425. The maximum atomic E-state index is 12.9. The number of rotatable bonds is 4. The Bertz CT molecular complexity index is 994. The van der Waals surface area contributed by atoms with Crippen LogP contribution in [0.3, 0.4) is 0 Å². The van der Waals surface area contributed by atoms with Crippen molar-refractivity contribution < 1.29 is 13.2 Å². The minimum atomic E-state index is -2.94. The molecule has 7 nitrogen and oxygen atoms in total. The van der Waals surface area contributed by atoms with Crippen molar-refractivity contribution in [3.63, 3.8) is 0 Å². The number of nitrogens with zero attached hydrogens (tertiary/aromatic N) is 4. The molecule has 1 amide bonds. The van der Waals surface area contributed by atoms with Crippen molar-refractivity contribution in [2.45, 2.75) is 45.1 Å². The maximum absolute atomic E-state index is 12.9. The third-order valence-corrected chi connectivity index (χ3v) is 8.92. The summed E-state index contributed by atoms with van der Waals surface area (Å²) < 4.78 is 25.6. The molecule has 0 N–H and O–H groups in total. The first kappa shape index (κ1) is 19.8. The predicted molar refractivity (Wildman–Crippen MR) is 111 cm³/mol. The summed E-state index contributed by atoms with van der Waals surface area (Å²) in [5.41, 5.74) is 2.32. The summed E-state index contributed by atoms with van der Waals surface area (Å²) in [6, 6.07) is -0.0425.